The normalized spacial score (nSPS) is 11.2. The van der Waals surface area contributed by atoms with Gasteiger partial charge in [0, 0.05) is 11.6 Å². The summed E-state index contributed by atoms with van der Waals surface area (Å²) in [4.78, 5) is 7.47. The largest absolute Gasteiger partial charge is 0.338 e. The highest BCUT2D eigenvalue weighted by atomic mass is 19.1. The summed E-state index contributed by atoms with van der Waals surface area (Å²) in [6.45, 7) is 4.02. The van der Waals surface area contributed by atoms with Gasteiger partial charge in [-0.2, -0.15) is 0 Å². The summed E-state index contributed by atoms with van der Waals surface area (Å²) >= 11 is 0. The molecule has 2 aromatic carbocycles. The highest BCUT2D eigenvalue weighted by molar-refractivity contribution is 5.80. The summed E-state index contributed by atoms with van der Waals surface area (Å²) in [7, 11) is 0. The molecule has 4 heteroatoms. The molecule has 3 rings (SSSR count). The highest BCUT2D eigenvalue weighted by Crippen LogP contribution is 2.24. The van der Waals surface area contributed by atoms with Crippen LogP contribution >= 0.6 is 0 Å². The maximum Gasteiger partial charge on any atom is 0.138 e. The lowest BCUT2D eigenvalue weighted by molar-refractivity contribution is 0.584. The molecule has 0 radical (unpaired) electrons. The fourth-order valence-corrected chi connectivity index (χ4v) is 2.10. The van der Waals surface area contributed by atoms with Crippen LogP contribution in [-0.4, -0.2) is 9.97 Å². The smallest absolute Gasteiger partial charge is 0.138 e. The molecule has 0 aliphatic carbocycles. The molecule has 0 aliphatic rings. The topological polar surface area (TPSA) is 28.7 Å². The number of imidazole rings is 1. The van der Waals surface area contributed by atoms with Crippen LogP contribution < -0.4 is 0 Å². The first-order chi connectivity index (χ1) is 9.02. The fraction of sp³-hybridized carbons (Fsp3) is 0.133. The molecule has 0 saturated carbocycles. The van der Waals surface area contributed by atoms with E-state index in [9.17, 15) is 8.78 Å². The molecule has 2 nitrogen and oxygen atoms in total. The minimum atomic E-state index is -0.609. The molecular formula is C15H12F2N2. The first-order valence-electron chi connectivity index (χ1n) is 5.96. The van der Waals surface area contributed by atoms with E-state index in [1.165, 1.54) is 12.1 Å². The van der Waals surface area contributed by atoms with Crippen LogP contribution in [0.15, 0.2) is 30.3 Å². The van der Waals surface area contributed by atoms with Crippen LogP contribution in [-0.2, 0) is 0 Å². The van der Waals surface area contributed by atoms with Crippen LogP contribution in [0.1, 0.15) is 11.1 Å². The quantitative estimate of drug-likeness (QED) is 0.698. The van der Waals surface area contributed by atoms with Gasteiger partial charge in [0.15, 0.2) is 0 Å². The third-order valence-electron chi connectivity index (χ3n) is 3.23. The van der Waals surface area contributed by atoms with Gasteiger partial charge in [-0.3, -0.25) is 0 Å². The molecule has 1 aromatic heterocycles. The van der Waals surface area contributed by atoms with Crippen molar-refractivity contribution in [2.24, 2.45) is 0 Å². The van der Waals surface area contributed by atoms with Crippen molar-refractivity contribution in [1.29, 1.82) is 0 Å². The molecule has 0 unspecified atom stereocenters. The van der Waals surface area contributed by atoms with E-state index >= 15 is 0 Å². The molecule has 0 saturated heterocycles. The van der Waals surface area contributed by atoms with Crippen LogP contribution in [0, 0.1) is 25.5 Å². The van der Waals surface area contributed by atoms with Crippen molar-refractivity contribution in [2.45, 2.75) is 13.8 Å². The van der Waals surface area contributed by atoms with Crippen molar-refractivity contribution in [3.8, 4) is 11.4 Å². The van der Waals surface area contributed by atoms with Crippen LogP contribution in [0.25, 0.3) is 22.4 Å². The SMILES string of the molecule is Cc1cc2nc(-c3cc(F)cc(F)c3)[nH]c2cc1C. The van der Waals surface area contributed by atoms with Gasteiger partial charge in [-0.25, -0.2) is 13.8 Å². The molecule has 96 valence electrons. The Kier molecular flexibility index (Phi) is 2.59. The van der Waals surface area contributed by atoms with Crippen molar-refractivity contribution in [3.05, 3.63) is 53.1 Å². The van der Waals surface area contributed by atoms with Gasteiger partial charge in [0.25, 0.3) is 0 Å². The number of halogens is 2. The van der Waals surface area contributed by atoms with E-state index in [2.05, 4.69) is 9.97 Å². The van der Waals surface area contributed by atoms with Gasteiger partial charge in [-0.05, 0) is 49.2 Å². The minimum absolute atomic E-state index is 0.406. The van der Waals surface area contributed by atoms with Crippen LogP contribution in [0.5, 0.6) is 0 Å². The number of hydrogen-bond acceptors (Lipinski definition) is 1. The van der Waals surface area contributed by atoms with Gasteiger partial charge in [0.1, 0.15) is 17.5 Å². The second-order valence-corrected chi connectivity index (χ2v) is 4.70. The maximum atomic E-state index is 13.2. The van der Waals surface area contributed by atoms with Gasteiger partial charge < -0.3 is 4.98 Å². The standard InChI is InChI=1S/C15H12F2N2/c1-8-3-13-14(4-9(8)2)19-15(18-13)10-5-11(16)7-12(17)6-10/h3-7H,1-2H3,(H,18,19). The number of nitrogens with one attached hydrogen (secondary N) is 1. The Hall–Kier alpha value is -2.23. The van der Waals surface area contributed by atoms with Crippen molar-refractivity contribution in [2.75, 3.05) is 0 Å². The summed E-state index contributed by atoms with van der Waals surface area (Å²) < 4.78 is 26.4. The Morgan fingerprint density at radius 3 is 2.21 bits per heavy atom. The van der Waals surface area contributed by atoms with E-state index in [4.69, 9.17) is 0 Å². The van der Waals surface area contributed by atoms with Gasteiger partial charge in [0.2, 0.25) is 0 Å². The molecule has 0 bridgehead atoms. The van der Waals surface area contributed by atoms with Crippen LogP contribution in [0.2, 0.25) is 0 Å². The van der Waals surface area contributed by atoms with E-state index in [1.54, 1.807) is 0 Å². The number of hydrogen-bond donors (Lipinski definition) is 1. The van der Waals surface area contributed by atoms with E-state index in [0.29, 0.717) is 11.4 Å². The number of H-pyrrole nitrogens is 1. The van der Waals surface area contributed by atoms with Crippen molar-refractivity contribution in [3.63, 3.8) is 0 Å². The highest BCUT2D eigenvalue weighted by Gasteiger charge is 2.09. The summed E-state index contributed by atoms with van der Waals surface area (Å²) in [5, 5.41) is 0. The molecule has 1 heterocycles. The summed E-state index contributed by atoms with van der Waals surface area (Å²) in [5.74, 6) is -0.746. The van der Waals surface area contributed by atoms with Crippen LogP contribution in [0.3, 0.4) is 0 Å². The Morgan fingerprint density at radius 1 is 0.895 bits per heavy atom. The number of rotatable bonds is 1. The van der Waals surface area contributed by atoms with E-state index in [0.717, 1.165) is 28.2 Å². The Balaban J connectivity index is 2.20. The zero-order valence-corrected chi connectivity index (χ0v) is 10.6. The number of aromatic amines is 1. The first kappa shape index (κ1) is 11.8. The lowest BCUT2D eigenvalue weighted by Crippen LogP contribution is -1.85. The molecule has 0 spiro atoms. The Bertz CT molecular complexity index is 716. The van der Waals surface area contributed by atoms with E-state index in [-0.39, 0.29) is 0 Å². The van der Waals surface area contributed by atoms with Crippen molar-refractivity contribution in [1.82, 2.24) is 9.97 Å². The van der Waals surface area contributed by atoms with E-state index < -0.39 is 11.6 Å². The number of aryl methyl sites for hydroxylation is 2. The first-order valence-corrected chi connectivity index (χ1v) is 5.96. The summed E-state index contributed by atoms with van der Waals surface area (Å²) in [6.07, 6.45) is 0. The maximum absolute atomic E-state index is 13.2. The number of benzene rings is 2. The fourth-order valence-electron chi connectivity index (χ4n) is 2.10. The van der Waals surface area contributed by atoms with Gasteiger partial charge >= 0.3 is 0 Å². The van der Waals surface area contributed by atoms with E-state index in [1.807, 2.05) is 26.0 Å². The predicted octanol–water partition coefficient (Wildman–Crippen LogP) is 4.12. The molecule has 19 heavy (non-hydrogen) atoms. The van der Waals surface area contributed by atoms with Gasteiger partial charge in [0.05, 0.1) is 11.0 Å². The molecule has 0 atom stereocenters. The zero-order valence-electron chi connectivity index (χ0n) is 10.6. The third kappa shape index (κ3) is 2.10. The molecule has 0 amide bonds. The zero-order chi connectivity index (χ0) is 13.6. The monoisotopic (exact) mass is 258 g/mol. The second-order valence-electron chi connectivity index (χ2n) is 4.70. The molecular weight excluding hydrogens is 246 g/mol. The predicted molar refractivity (Wildman–Crippen MR) is 70.9 cm³/mol. The van der Waals surface area contributed by atoms with Gasteiger partial charge in [-0.1, -0.05) is 0 Å². The Morgan fingerprint density at radius 2 is 1.53 bits per heavy atom. The molecule has 3 aromatic rings. The Labute approximate surface area is 109 Å². The van der Waals surface area contributed by atoms with Crippen LogP contribution in [0.4, 0.5) is 8.78 Å². The average molecular weight is 258 g/mol. The number of fused-ring (bicyclic) bond motifs is 1. The molecule has 0 fully saturated rings. The molecule has 1 N–H and O–H groups in total. The molecule has 0 aliphatic heterocycles. The number of aromatic nitrogens is 2. The summed E-state index contributed by atoms with van der Waals surface area (Å²) in [5.41, 5.74) is 4.35. The van der Waals surface area contributed by atoms with Crippen molar-refractivity contribution >= 4 is 11.0 Å². The average Bonchev–Trinajstić information content (AvgIpc) is 2.71. The second kappa shape index (κ2) is 4.16. The minimum Gasteiger partial charge on any atom is -0.338 e. The lowest BCUT2D eigenvalue weighted by atomic mass is 10.1. The van der Waals surface area contributed by atoms with Crippen molar-refractivity contribution < 1.29 is 8.78 Å². The lowest BCUT2D eigenvalue weighted by Gasteiger charge is -1.97. The third-order valence-corrected chi connectivity index (χ3v) is 3.23. The number of nitrogens with zero attached hydrogens (tertiary/aromatic N) is 1. The summed E-state index contributed by atoms with van der Waals surface area (Å²) in [6, 6.07) is 7.32. The van der Waals surface area contributed by atoms with Gasteiger partial charge in [-0.15, -0.1) is 0 Å².